The van der Waals surface area contributed by atoms with Crippen LogP contribution in [-0.2, 0) is 6.54 Å². The zero-order chi connectivity index (χ0) is 14.8. The van der Waals surface area contributed by atoms with E-state index in [0.717, 1.165) is 24.4 Å². The molecule has 0 atom stereocenters. The van der Waals surface area contributed by atoms with E-state index in [-0.39, 0.29) is 5.91 Å². The Morgan fingerprint density at radius 3 is 2.67 bits per heavy atom. The molecule has 1 aliphatic carbocycles. The van der Waals surface area contributed by atoms with Crippen LogP contribution in [0.4, 0.5) is 5.82 Å². The lowest BCUT2D eigenvalue weighted by Gasteiger charge is -2.21. The highest BCUT2D eigenvalue weighted by Crippen LogP contribution is 2.30. The Hall–Kier alpha value is -2.30. The molecule has 0 radical (unpaired) electrons. The fraction of sp³-hybridized carbons (Fsp3) is 0.375. The molecule has 0 unspecified atom stereocenters. The molecule has 0 spiro atoms. The predicted octanol–water partition coefficient (Wildman–Crippen LogP) is 2.55. The summed E-state index contributed by atoms with van der Waals surface area (Å²) in [6.45, 7) is 0.520. The van der Waals surface area contributed by atoms with Gasteiger partial charge in [-0.1, -0.05) is 0 Å². The van der Waals surface area contributed by atoms with E-state index in [1.165, 1.54) is 0 Å². The monoisotopic (exact) mass is 285 g/mol. The van der Waals surface area contributed by atoms with Crippen LogP contribution in [0.5, 0.6) is 0 Å². The summed E-state index contributed by atoms with van der Waals surface area (Å²) in [4.78, 5) is 20.8. The maximum Gasteiger partial charge on any atom is 0.256 e. The molecule has 1 amide bonds. The van der Waals surface area contributed by atoms with Crippen LogP contribution < -0.4 is 4.90 Å². The van der Waals surface area contributed by atoms with Crippen molar-refractivity contribution < 1.29 is 9.21 Å². The number of nitrogens with zero attached hydrogens (tertiary/aromatic N) is 3. The third-order valence-electron chi connectivity index (χ3n) is 3.61. The second kappa shape index (κ2) is 5.60. The second-order valence-electron chi connectivity index (χ2n) is 5.54. The van der Waals surface area contributed by atoms with Crippen LogP contribution in [0.25, 0.3) is 0 Å². The zero-order valence-corrected chi connectivity index (χ0v) is 12.3. The minimum atomic E-state index is 0.0201. The number of carbonyl (C=O) groups excluding carboxylic acids is 1. The van der Waals surface area contributed by atoms with Gasteiger partial charge in [0.15, 0.2) is 0 Å². The van der Waals surface area contributed by atoms with Gasteiger partial charge in [-0.15, -0.1) is 0 Å². The summed E-state index contributed by atoms with van der Waals surface area (Å²) in [7, 11) is 3.86. The molecule has 2 aromatic rings. The van der Waals surface area contributed by atoms with Gasteiger partial charge in [-0.05, 0) is 37.1 Å². The van der Waals surface area contributed by atoms with E-state index < -0.39 is 0 Å². The Kier molecular flexibility index (Phi) is 3.64. The number of aromatic nitrogens is 1. The van der Waals surface area contributed by atoms with Gasteiger partial charge in [-0.3, -0.25) is 4.79 Å². The largest absolute Gasteiger partial charge is 0.467 e. The highest BCUT2D eigenvalue weighted by molar-refractivity contribution is 5.94. The van der Waals surface area contributed by atoms with Crippen molar-refractivity contribution in [2.24, 2.45) is 0 Å². The molecule has 0 bridgehead atoms. The molecule has 0 aliphatic heterocycles. The first-order valence-electron chi connectivity index (χ1n) is 7.12. The standard InChI is InChI=1S/C16H19N3O2/c1-18(2)15-8-5-12(10-17-15)16(20)19(13-6-7-13)11-14-4-3-9-21-14/h3-5,8-10,13H,6-7,11H2,1-2H3. The highest BCUT2D eigenvalue weighted by Gasteiger charge is 2.33. The van der Waals surface area contributed by atoms with Gasteiger partial charge in [0, 0.05) is 26.3 Å². The summed E-state index contributed by atoms with van der Waals surface area (Å²) < 4.78 is 5.36. The van der Waals surface area contributed by atoms with Crippen LogP contribution in [0.2, 0.25) is 0 Å². The lowest BCUT2D eigenvalue weighted by Crippen LogP contribution is -2.32. The van der Waals surface area contributed by atoms with Gasteiger partial charge in [-0.25, -0.2) is 4.98 Å². The van der Waals surface area contributed by atoms with Crippen molar-refractivity contribution in [1.82, 2.24) is 9.88 Å². The lowest BCUT2D eigenvalue weighted by molar-refractivity contribution is 0.0717. The molecule has 5 nitrogen and oxygen atoms in total. The summed E-state index contributed by atoms with van der Waals surface area (Å²) >= 11 is 0. The SMILES string of the molecule is CN(C)c1ccc(C(=O)N(Cc2ccco2)C2CC2)cn1. The summed E-state index contributed by atoms with van der Waals surface area (Å²) in [6.07, 6.45) is 5.42. The average Bonchev–Trinajstić information content (AvgIpc) is 3.20. The number of anilines is 1. The van der Waals surface area contributed by atoms with E-state index >= 15 is 0 Å². The molecule has 110 valence electrons. The topological polar surface area (TPSA) is 49.6 Å². The molecule has 0 saturated heterocycles. The Balaban J connectivity index is 1.77. The van der Waals surface area contributed by atoms with Gasteiger partial charge >= 0.3 is 0 Å². The molecule has 5 heteroatoms. The van der Waals surface area contributed by atoms with Crippen molar-refractivity contribution in [3.63, 3.8) is 0 Å². The number of pyridine rings is 1. The van der Waals surface area contributed by atoms with Crippen molar-refractivity contribution in [3.05, 3.63) is 48.0 Å². The van der Waals surface area contributed by atoms with E-state index in [4.69, 9.17) is 4.42 Å². The van der Waals surface area contributed by atoms with Crippen LogP contribution in [0, 0.1) is 0 Å². The van der Waals surface area contributed by atoms with Crippen LogP contribution in [0.15, 0.2) is 41.1 Å². The van der Waals surface area contributed by atoms with Crippen molar-refractivity contribution >= 4 is 11.7 Å². The van der Waals surface area contributed by atoms with Crippen LogP contribution in [0.1, 0.15) is 29.0 Å². The van der Waals surface area contributed by atoms with Crippen LogP contribution in [-0.4, -0.2) is 35.9 Å². The molecule has 0 N–H and O–H groups in total. The van der Waals surface area contributed by atoms with Crippen molar-refractivity contribution in [2.45, 2.75) is 25.4 Å². The minimum Gasteiger partial charge on any atom is -0.467 e. The molecule has 0 aromatic carbocycles. The minimum absolute atomic E-state index is 0.0201. The van der Waals surface area contributed by atoms with Gasteiger partial charge in [-0.2, -0.15) is 0 Å². The van der Waals surface area contributed by atoms with Gasteiger partial charge < -0.3 is 14.2 Å². The Bertz CT molecular complexity index is 601. The number of carbonyl (C=O) groups is 1. The van der Waals surface area contributed by atoms with E-state index in [1.54, 1.807) is 12.5 Å². The average molecular weight is 285 g/mol. The van der Waals surface area contributed by atoms with E-state index in [2.05, 4.69) is 4.98 Å². The Morgan fingerprint density at radius 1 is 1.33 bits per heavy atom. The summed E-state index contributed by atoms with van der Waals surface area (Å²) in [5.74, 6) is 1.68. The summed E-state index contributed by atoms with van der Waals surface area (Å²) in [5.41, 5.74) is 0.624. The molecule has 2 heterocycles. The fourth-order valence-electron chi connectivity index (χ4n) is 2.27. The normalized spacial score (nSPS) is 14.0. The fourth-order valence-corrected chi connectivity index (χ4v) is 2.27. The van der Waals surface area contributed by atoms with E-state index in [9.17, 15) is 4.79 Å². The summed E-state index contributed by atoms with van der Waals surface area (Å²) in [6, 6.07) is 7.78. The number of rotatable bonds is 5. The maximum absolute atomic E-state index is 12.7. The molecule has 1 aliphatic rings. The molecule has 2 aromatic heterocycles. The third-order valence-corrected chi connectivity index (χ3v) is 3.61. The van der Waals surface area contributed by atoms with Gasteiger partial charge in [0.25, 0.3) is 5.91 Å². The van der Waals surface area contributed by atoms with Crippen molar-refractivity contribution in [1.29, 1.82) is 0 Å². The second-order valence-corrected chi connectivity index (χ2v) is 5.54. The quantitative estimate of drug-likeness (QED) is 0.847. The van der Waals surface area contributed by atoms with Crippen LogP contribution in [0.3, 0.4) is 0 Å². The van der Waals surface area contributed by atoms with Crippen LogP contribution >= 0.6 is 0 Å². The lowest BCUT2D eigenvalue weighted by atomic mass is 10.2. The van der Waals surface area contributed by atoms with Crippen molar-refractivity contribution in [2.75, 3.05) is 19.0 Å². The van der Waals surface area contributed by atoms with E-state index in [0.29, 0.717) is 18.2 Å². The van der Waals surface area contributed by atoms with Crippen molar-refractivity contribution in [3.8, 4) is 0 Å². The van der Waals surface area contributed by atoms with Gasteiger partial charge in [0.2, 0.25) is 0 Å². The molecular formula is C16H19N3O2. The number of hydrogen-bond acceptors (Lipinski definition) is 4. The third kappa shape index (κ3) is 3.07. The predicted molar refractivity (Wildman–Crippen MR) is 80.2 cm³/mol. The first-order valence-corrected chi connectivity index (χ1v) is 7.12. The van der Waals surface area contributed by atoms with Gasteiger partial charge in [0.05, 0.1) is 18.4 Å². The summed E-state index contributed by atoms with van der Waals surface area (Å²) in [5, 5.41) is 0. The smallest absolute Gasteiger partial charge is 0.256 e. The highest BCUT2D eigenvalue weighted by atomic mass is 16.3. The van der Waals surface area contributed by atoms with E-state index in [1.807, 2.05) is 48.2 Å². The molecule has 1 fully saturated rings. The first-order chi connectivity index (χ1) is 10.1. The Morgan fingerprint density at radius 2 is 2.14 bits per heavy atom. The zero-order valence-electron chi connectivity index (χ0n) is 12.3. The number of hydrogen-bond donors (Lipinski definition) is 0. The first kappa shape index (κ1) is 13.7. The Labute approximate surface area is 124 Å². The number of amides is 1. The molecular weight excluding hydrogens is 266 g/mol. The maximum atomic E-state index is 12.7. The molecule has 1 saturated carbocycles. The number of furan rings is 1. The van der Waals surface area contributed by atoms with Gasteiger partial charge in [0.1, 0.15) is 11.6 Å². The molecule has 21 heavy (non-hydrogen) atoms. The molecule has 3 rings (SSSR count).